The molecule has 0 aliphatic carbocycles. The Kier molecular flexibility index (Phi) is 9.37. The molecule has 0 aliphatic heterocycles. The first kappa shape index (κ1) is 24.2. The summed E-state index contributed by atoms with van der Waals surface area (Å²) in [6.07, 6.45) is 5.89. The highest BCUT2D eigenvalue weighted by Crippen LogP contribution is 2.26. The van der Waals surface area contributed by atoms with E-state index in [4.69, 9.17) is 9.47 Å². The van der Waals surface area contributed by atoms with E-state index in [1.807, 2.05) is 26.8 Å². The number of pyridine rings is 2. The van der Waals surface area contributed by atoms with E-state index in [2.05, 4.69) is 4.98 Å². The maximum Gasteiger partial charge on any atom is 0.309 e. The highest BCUT2D eigenvalue weighted by molar-refractivity contribution is 5.92. The van der Waals surface area contributed by atoms with Gasteiger partial charge in [0.15, 0.2) is 0 Å². The first-order valence-corrected chi connectivity index (χ1v) is 10.1. The minimum Gasteiger partial charge on any atom is -0.425 e. The Morgan fingerprint density at radius 2 is 1.94 bits per heavy atom. The fraction of sp³-hybridized carbons (Fsp3) is 0.333. The van der Waals surface area contributed by atoms with Crippen molar-refractivity contribution in [2.45, 2.75) is 27.2 Å². The molecule has 7 heteroatoms. The zero-order chi connectivity index (χ0) is 22.8. The fourth-order valence-electron chi connectivity index (χ4n) is 3.05. The van der Waals surface area contributed by atoms with Crippen molar-refractivity contribution in [3.63, 3.8) is 0 Å². The van der Waals surface area contributed by atoms with E-state index in [0.717, 1.165) is 23.1 Å². The molecule has 0 fully saturated rings. The van der Waals surface area contributed by atoms with Gasteiger partial charge in [0.2, 0.25) is 0 Å². The minimum absolute atomic E-state index is 0.160. The molecular weight excluding hydrogens is 399 g/mol. The van der Waals surface area contributed by atoms with E-state index in [9.17, 15) is 14.4 Å². The van der Waals surface area contributed by atoms with Crippen LogP contribution in [0.1, 0.15) is 30.5 Å². The predicted octanol–water partition coefficient (Wildman–Crippen LogP) is 4.40. The van der Waals surface area contributed by atoms with Gasteiger partial charge in [-0.05, 0) is 60.7 Å². The fourth-order valence-corrected chi connectivity index (χ4v) is 3.05. The molecule has 1 aromatic carbocycles. The van der Waals surface area contributed by atoms with E-state index < -0.39 is 5.56 Å². The number of nitrogens with zero attached hydrogens (tertiary/aromatic N) is 2. The topological polar surface area (TPSA) is 73.6 Å². The molecule has 0 atom stereocenters. The zero-order valence-electron chi connectivity index (χ0n) is 18.4. The van der Waals surface area contributed by atoms with Gasteiger partial charge in [0.05, 0.1) is 19.8 Å². The minimum atomic E-state index is -0.533. The Hall–Kier alpha value is -3.03. The number of aryl methyl sites for hydroxylation is 2. The van der Waals surface area contributed by atoms with E-state index >= 15 is 0 Å². The Balaban J connectivity index is 0.000000316. The van der Waals surface area contributed by atoms with E-state index in [1.165, 1.54) is 23.9 Å². The third kappa shape index (κ3) is 6.47. The summed E-state index contributed by atoms with van der Waals surface area (Å²) in [7, 11) is 1.63. The number of halogens is 1. The molecule has 6 nitrogen and oxygen atoms in total. The lowest BCUT2D eigenvalue weighted by Crippen LogP contribution is -2.18. The number of allylic oxidation sites excluding steroid dienone is 1. The molecule has 0 aliphatic rings. The van der Waals surface area contributed by atoms with E-state index in [1.54, 1.807) is 31.5 Å². The molecule has 0 saturated carbocycles. The standard InChI is InChI=1S/C16H20N2O4.C8H9F/c1-4-12(10-22-8-7-21-3)14-11(2)9-17-15-13(14)5-6-18(20)16(15)19;1-2-7-3-5-8(9)6-4-7/h4-6,9,20H,7-8,10H2,1-3H3;3-6H,2H2,1H3/b12-4-;. The van der Waals surface area contributed by atoms with Crippen LogP contribution in [-0.4, -0.2) is 41.9 Å². The third-order valence-electron chi connectivity index (χ3n) is 4.78. The van der Waals surface area contributed by atoms with Crippen molar-refractivity contribution in [3.8, 4) is 0 Å². The number of benzene rings is 1. The second-order valence-corrected chi connectivity index (χ2v) is 6.88. The highest BCUT2D eigenvalue weighted by Gasteiger charge is 2.13. The summed E-state index contributed by atoms with van der Waals surface area (Å²) in [5.41, 5.74) is 3.72. The van der Waals surface area contributed by atoms with Gasteiger partial charge in [-0.25, -0.2) is 9.37 Å². The molecule has 2 aromatic heterocycles. The Morgan fingerprint density at radius 3 is 2.55 bits per heavy atom. The smallest absolute Gasteiger partial charge is 0.309 e. The number of hydrogen-bond donors (Lipinski definition) is 1. The quantitative estimate of drug-likeness (QED) is 0.446. The van der Waals surface area contributed by atoms with Gasteiger partial charge < -0.3 is 14.7 Å². The van der Waals surface area contributed by atoms with E-state index in [-0.39, 0.29) is 11.3 Å². The average Bonchev–Trinajstić information content (AvgIpc) is 2.78. The Bertz CT molecular complexity index is 1080. The van der Waals surface area contributed by atoms with Crippen LogP contribution in [-0.2, 0) is 15.9 Å². The second kappa shape index (κ2) is 12.0. The maximum atomic E-state index is 12.2. The SMILES string of the molecule is C/C=C(/COCCOC)c1c(C)cnc2c(=O)n(O)ccc12.CCc1ccc(F)cc1. The van der Waals surface area contributed by atoms with Crippen LogP contribution in [0.5, 0.6) is 0 Å². The van der Waals surface area contributed by atoms with Crippen LogP contribution in [0.25, 0.3) is 16.5 Å². The lowest BCUT2D eigenvalue weighted by atomic mass is 9.98. The van der Waals surface area contributed by atoms with Crippen LogP contribution >= 0.6 is 0 Å². The molecule has 2 heterocycles. The highest BCUT2D eigenvalue weighted by atomic mass is 19.1. The van der Waals surface area contributed by atoms with Crippen LogP contribution in [0.2, 0.25) is 0 Å². The molecule has 0 unspecified atom stereocenters. The number of hydrogen-bond acceptors (Lipinski definition) is 5. The van der Waals surface area contributed by atoms with Crippen LogP contribution in [0.15, 0.2) is 53.6 Å². The normalized spacial score (nSPS) is 11.3. The van der Waals surface area contributed by atoms with Crippen LogP contribution < -0.4 is 5.56 Å². The summed E-state index contributed by atoms with van der Waals surface area (Å²) in [5.74, 6) is -0.160. The Morgan fingerprint density at radius 1 is 1.23 bits per heavy atom. The molecule has 1 N–H and O–H groups in total. The van der Waals surface area contributed by atoms with Gasteiger partial charge in [-0.2, -0.15) is 4.73 Å². The summed E-state index contributed by atoms with van der Waals surface area (Å²) in [5, 5.41) is 10.2. The summed E-state index contributed by atoms with van der Waals surface area (Å²) >= 11 is 0. The van der Waals surface area contributed by atoms with Gasteiger partial charge >= 0.3 is 5.56 Å². The van der Waals surface area contributed by atoms with Gasteiger partial charge in [-0.1, -0.05) is 25.1 Å². The second-order valence-electron chi connectivity index (χ2n) is 6.88. The molecule has 0 bridgehead atoms. The first-order valence-electron chi connectivity index (χ1n) is 10.1. The van der Waals surface area contributed by atoms with Crippen molar-refractivity contribution in [1.82, 2.24) is 9.71 Å². The van der Waals surface area contributed by atoms with E-state index in [0.29, 0.717) is 29.9 Å². The number of fused-ring (bicyclic) bond motifs is 1. The summed E-state index contributed by atoms with van der Waals surface area (Å²) in [6, 6.07) is 8.26. The van der Waals surface area contributed by atoms with Crippen molar-refractivity contribution in [2.24, 2.45) is 0 Å². The predicted molar refractivity (Wildman–Crippen MR) is 120 cm³/mol. The first-order chi connectivity index (χ1) is 14.9. The monoisotopic (exact) mass is 428 g/mol. The van der Waals surface area contributed by atoms with Crippen molar-refractivity contribution >= 4 is 16.5 Å². The molecular formula is C24H29FN2O4. The van der Waals surface area contributed by atoms with Gasteiger partial charge in [-0.15, -0.1) is 0 Å². The van der Waals surface area contributed by atoms with Crippen LogP contribution in [0.4, 0.5) is 4.39 Å². The number of methoxy groups -OCH3 is 1. The lowest BCUT2D eigenvalue weighted by Gasteiger charge is -2.14. The number of ether oxygens (including phenoxy) is 2. The van der Waals surface area contributed by atoms with Gasteiger partial charge in [-0.3, -0.25) is 4.79 Å². The van der Waals surface area contributed by atoms with Crippen molar-refractivity contribution < 1.29 is 19.1 Å². The third-order valence-corrected chi connectivity index (χ3v) is 4.78. The molecule has 0 saturated heterocycles. The van der Waals surface area contributed by atoms with Gasteiger partial charge in [0, 0.05) is 24.9 Å². The summed E-state index contributed by atoms with van der Waals surface area (Å²) in [4.78, 5) is 16.1. The zero-order valence-corrected chi connectivity index (χ0v) is 18.4. The molecule has 31 heavy (non-hydrogen) atoms. The Labute approximate surface area is 181 Å². The summed E-state index contributed by atoms with van der Waals surface area (Å²) < 4.78 is 23.3. The average molecular weight is 429 g/mol. The van der Waals surface area contributed by atoms with Crippen molar-refractivity contribution in [2.75, 3.05) is 26.9 Å². The lowest BCUT2D eigenvalue weighted by molar-refractivity contribution is 0.0878. The van der Waals surface area contributed by atoms with Gasteiger partial charge in [0.25, 0.3) is 0 Å². The number of aromatic nitrogens is 2. The molecule has 0 radical (unpaired) electrons. The molecule has 0 spiro atoms. The molecule has 166 valence electrons. The largest absolute Gasteiger partial charge is 0.425 e. The van der Waals surface area contributed by atoms with Crippen LogP contribution in [0.3, 0.4) is 0 Å². The number of rotatable bonds is 7. The molecule has 0 amide bonds. The van der Waals surface area contributed by atoms with Gasteiger partial charge in [0.1, 0.15) is 11.3 Å². The van der Waals surface area contributed by atoms with Crippen molar-refractivity contribution in [3.05, 3.63) is 81.7 Å². The maximum absolute atomic E-state index is 12.2. The van der Waals surface area contributed by atoms with Crippen LogP contribution in [0, 0.1) is 12.7 Å². The molecule has 3 aromatic rings. The van der Waals surface area contributed by atoms with Crippen molar-refractivity contribution in [1.29, 1.82) is 0 Å². The molecule has 3 rings (SSSR count). The summed E-state index contributed by atoms with van der Waals surface area (Å²) in [6.45, 7) is 7.36.